The highest BCUT2D eigenvalue weighted by Gasteiger charge is 2.23. The zero-order valence-electron chi connectivity index (χ0n) is 14.0. The molecule has 3 atom stereocenters. The normalized spacial score (nSPS) is 15.6. The van der Waals surface area contributed by atoms with Crippen molar-refractivity contribution >= 4 is 10.8 Å². The van der Waals surface area contributed by atoms with E-state index in [1.165, 1.54) is 24.0 Å². The van der Waals surface area contributed by atoms with E-state index in [0.717, 1.165) is 25.1 Å². The molecule has 3 heteroatoms. The Hall–Kier alpha value is -0.670. The Morgan fingerprint density at radius 1 is 1.10 bits per heavy atom. The lowest BCUT2D eigenvalue weighted by atomic mass is 10.0. The van der Waals surface area contributed by atoms with Gasteiger partial charge in [-0.15, -0.1) is 0 Å². The van der Waals surface area contributed by atoms with E-state index >= 15 is 0 Å². The number of aryl methyl sites for hydroxylation is 1. The van der Waals surface area contributed by atoms with Crippen molar-refractivity contribution < 1.29 is 4.21 Å². The minimum atomic E-state index is -0.768. The van der Waals surface area contributed by atoms with Gasteiger partial charge in [0.2, 0.25) is 0 Å². The van der Waals surface area contributed by atoms with E-state index in [9.17, 15) is 4.21 Å². The van der Waals surface area contributed by atoms with E-state index in [4.69, 9.17) is 0 Å². The van der Waals surface area contributed by atoms with Crippen molar-refractivity contribution in [1.29, 1.82) is 0 Å². The number of rotatable bonds is 10. The van der Waals surface area contributed by atoms with Crippen molar-refractivity contribution in [2.75, 3.05) is 12.3 Å². The van der Waals surface area contributed by atoms with Gasteiger partial charge in [-0.1, -0.05) is 57.9 Å². The molecule has 0 spiro atoms. The minimum Gasteiger partial charge on any atom is -0.309 e. The Bertz CT molecular complexity index is 416. The second-order valence-corrected chi connectivity index (χ2v) is 7.54. The molecule has 1 N–H and O–H groups in total. The standard InChI is InChI=1S/C18H31NOS/c1-5-8-9-14-21(20)15(4)18(19-7-3)17-12-10-16(6-2)11-13-17/h10-13,15,18-19H,5-9,14H2,1-4H3. The topological polar surface area (TPSA) is 29.1 Å². The molecule has 1 aromatic carbocycles. The summed E-state index contributed by atoms with van der Waals surface area (Å²) >= 11 is 0. The number of nitrogens with one attached hydrogen (secondary N) is 1. The summed E-state index contributed by atoms with van der Waals surface area (Å²) in [5, 5.41) is 3.66. The Labute approximate surface area is 133 Å². The van der Waals surface area contributed by atoms with E-state index in [-0.39, 0.29) is 11.3 Å². The van der Waals surface area contributed by atoms with Gasteiger partial charge in [0.05, 0.1) is 5.25 Å². The number of hydrogen-bond donors (Lipinski definition) is 1. The molecule has 0 aromatic heterocycles. The van der Waals surface area contributed by atoms with E-state index in [2.05, 4.69) is 57.3 Å². The maximum Gasteiger partial charge on any atom is 0.0514 e. The fourth-order valence-electron chi connectivity index (χ4n) is 2.57. The Kier molecular flexibility index (Phi) is 8.86. The van der Waals surface area contributed by atoms with Crippen LogP contribution in [-0.4, -0.2) is 21.8 Å². The van der Waals surface area contributed by atoms with Crippen molar-refractivity contribution in [1.82, 2.24) is 5.32 Å². The largest absolute Gasteiger partial charge is 0.309 e. The summed E-state index contributed by atoms with van der Waals surface area (Å²) in [5.74, 6) is 0.823. The van der Waals surface area contributed by atoms with E-state index < -0.39 is 10.8 Å². The number of benzene rings is 1. The van der Waals surface area contributed by atoms with Crippen LogP contribution in [-0.2, 0) is 17.2 Å². The van der Waals surface area contributed by atoms with Crippen LogP contribution < -0.4 is 5.32 Å². The molecule has 1 aromatic rings. The molecule has 0 amide bonds. The van der Waals surface area contributed by atoms with Crippen molar-refractivity contribution in [3.05, 3.63) is 35.4 Å². The van der Waals surface area contributed by atoms with Crippen LogP contribution in [0.15, 0.2) is 24.3 Å². The van der Waals surface area contributed by atoms with Crippen molar-refractivity contribution in [2.45, 2.75) is 64.7 Å². The van der Waals surface area contributed by atoms with Crippen LogP contribution in [0.25, 0.3) is 0 Å². The molecule has 1 rings (SSSR count). The highest BCUT2D eigenvalue weighted by atomic mass is 32.2. The first-order valence-corrected chi connectivity index (χ1v) is 9.71. The lowest BCUT2D eigenvalue weighted by molar-refractivity contribution is 0.534. The summed E-state index contributed by atoms with van der Waals surface area (Å²) in [6.07, 6.45) is 4.49. The van der Waals surface area contributed by atoms with Crippen LogP contribution in [0.4, 0.5) is 0 Å². The third-order valence-corrected chi connectivity index (χ3v) is 5.80. The molecule has 0 aliphatic rings. The Morgan fingerprint density at radius 3 is 2.29 bits per heavy atom. The Morgan fingerprint density at radius 2 is 1.76 bits per heavy atom. The van der Waals surface area contributed by atoms with Crippen LogP contribution in [0, 0.1) is 0 Å². The molecule has 0 fully saturated rings. The first kappa shape index (κ1) is 18.4. The van der Waals surface area contributed by atoms with Gasteiger partial charge in [0.25, 0.3) is 0 Å². The van der Waals surface area contributed by atoms with Crippen LogP contribution in [0.1, 0.15) is 64.1 Å². The molecule has 0 aliphatic heterocycles. The quantitative estimate of drug-likeness (QED) is 0.655. The zero-order valence-corrected chi connectivity index (χ0v) is 14.8. The molecule has 21 heavy (non-hydrogen) atoms. The molecule has 0 saturated heterocycles. The summed E-state index contributed by atoms with van der Waals surface area (Å²) in [4.78, 5) is 0. The fourth-order valence-corrected chi connectivity index (χ4v) is 3.98. The van der Waals surface area contributed by atoms with Gasteiger partial charge in [-0.05, 0) is 37.4 Å². The van der Waals surface area contributed by atoms with E-state index in [0.29, 0.717) is 0 Å². The van der Waals surface area contributed by atoms with Crippen LogP contribution >= 0.6 is 0 Å². The maximum atomic E-state index is 12.5. The fraction of sp³-hybridized carbons (Fsp3) is 0.667. The molecular formula is C18H31NOS. The SMILES string of the molecule is CCCCCS(=O)C(C)C(NCC)c1ccc(CC)cc1. The molecule has 0 aliphatic carbocycles. The second kappa shape index (κ2) is 10.1. The van der Waals surface area contributed by atoms with Crippen molar-refractivity contribution in [2.24, 2.45) is 0 Å². The van der Waals surface area contributed by atoms with E-state index in [1.54, 1.807) is 0 Å². The summed E-state index contributed by atoms with van der Waals surface area (Å²) < 4.78 is 12.5. The van der Waals surface area contributed by atoms with Gasteiger partial charge in [-0.3, -0.25) is 4.21 Å². The van der Waals surface area contributed by atoms with Crippen molar-refractivity contribution in [3.63, 3.8) is 0 Å². The first-order chi connectivity index (χ1) is 10.1. The van der Waals surface area contributed by atoms with Gasteiger partial charge in [0, 0.05) is 22.6 Å². The van der Waals surface area contributed by atoms with Gasteiger partial charge in [0.15, 0.2) is 0 Å². The molecule has 2 nitrogen and oxygen atoms in total. The third kappa shape index (κ3) is 5.91. The third-order valence-electron chi connectivity index (χ3n) is 4.00. The predicted molar refractivity (Wildman–Crippen MR) is 94.2 cm³/mol. The van der Waals surface area contributed by atoms with Crippen molar-refractivity contribution in [3.8, 4) is 0 Å². The average Bonchev–Trinajstić information content (AvgIpc) is 2.52. The maximum absolute atomic E-state index is 12.5. The number of unbranched alkanes of at least 4 members (excludes halogenated alkanes) is 2. The highest BCUT2D eigenvalue weighted by molar-refractivity contribution is 7.85. The molecule has 3 unspecified atom stereocenters. The van der Waals surface area contributed by atoms with Crippen LogP contribution in [0.2, 0.25) is 0 Å². The monoisotopic (exact) mass is 309 g/mol. The summed E-state index contributed by atoms with van der Waals surface area (Å²) in [6, 6.07) is 8.93. The van der Waals surface area contributed by atoms with Crippen LogP contribution in [0.5, 0.6) is 0 Å². The molecule has 0 heterocycles. The average molecular weight is 310 g/mol. The molecule has 0 saturated carbocycles. The molecule has 0 radical (unpaired) electrons. The van der Waals surface area contributed by atoms with Gasteiger partial charge >= 0.3 is 0 Å². The highest BCUT2D eigenvalue weighted by Crippen LogP contribution is 2.22. The smallest absolute Gasteiger partial charge is 0.0514 e. The van der Waals surface area contributed by atoms with Gasteiger partial charge in [-0.25, -0.2) is 0 Å². The van der Waals surface area contributed by atoms with Gasteiger partial charge < -0.3 is 5.32 Å². The summed E-state index contributed by atoms with van der Waals surface area (Å²) in [6.45, 7) is 9.48. The lowest BCUT2D eigenvalue weighted by Crippen LogP contribution is -2.33. The minimum absolute atomic E-state index is 0.147. The summed E-state index contributed by atoms with van der Waals surface area (Å²) in [7, 11) is -0.768. The molecular weight excluding hydrogens is 278 g/mol. The van der Waals surface area contributed by atoms with Crippen LogP contribution in [0.3, 0.4) is 0 Å². The molecule has 0 bridgehead atoms. The molecule has 120 valence electrons. The van der Waals surface area contributed by atoms with Gasteiger partial charge in [-0.2, -0.15) is 0 Å². The second-order valence-electron chi connectivity index (χ2n) is 5.63. The van der Waals surface area contributed by atoms with Gasteiger partial charge in [0.1, 0.15) is 0 Å². The Balaban J connectivity index is 2.76. The van der Waals surface area contributed by atoms with E-state index in [1.807, 2.05) is 0 Å². The first-order valence-electron chi connectivity index (χ1n) is 8.33. The summed E-state index contributed by atoms with van der Waals surface area (Å²) in [5.41, 5.74) is 2.61. The predicted octanol–water partition coefficient (Wildman–Crippen LogP) is 4.23. The number of hydrogen-bond acceptors (Lipinski definition) is 2. The lowest BCUT2D eigenvalue weighted by Gasteiger charge is -2.25. The zero-order chi connectivity index (χ0) is 15.7.